The number of hydrogen-bond donors (Lipinski definition) is 4. The third kappa shape index (κ3) is 3.59. The highest BCUT2D eigenvalue weighted by Gasteiger charge is 2.41. The minimum absolute atomic E-state index is 0.187. The summed E-state index contributed by atoms with van der Waals surface area (Å²) in [6, 6.07) is -0.729. The number of hydrogen-bond acceptors (Lipinski definition) is 4. The van der Waals surface area contributed by atoms with Crippen molar-refractivity contribution in [1.29, 1.82) is 0 Å². The summed E-state index contributed by atoms with van der Waals surface area (Å²) in [5, 5.41) is 13.7. The number of rotatable bonds is 4. The second kappa shape index (κ2) is 5.48. The topological polar surface area (TPSA) is 131 Å². The quantitative estimate of drug-likeness (QED) is 0.474. The molecule has 0 aromatic rings. The lowest BCUT2D eigenvalue weighted by Crippen LogP contribution is -2.60. The van der Waals surface area contributed by atoms with Gasteiger partial charge >= 0.3 is 12.0 Å². The molecule has 8 nitrogen and oxygen atoms in total. The van der Waals surface area contributed by atoms with E-state index in [1.807, 2.05) is 0 Å². The molecule has 1 fully saturated rings. The van der Waals surface area contributed by atoms with E-state index in [4.69, 9.17) is 15.6 Å². The van der Waals surface area contributed by atoms with Gasteiger partial charge in [0.05, 0.1) is 6.54 Å². The molecular weight excluding hydrogens is 230 g/mol. The molecule has 1 heterocycles. The first-order valence-corrected chi connectivity index (χ1v) is 5.12. The maximum absolute atomic E-state index is 11.4. The Kier molecular flexibility index (Phi) is 4.27. The van der Waals surface area contributed by atoms with Gasteiger partial charge < -0.3 is 26.2 Å². The molecular formula is C9H15N3O5. The Morgan fingerprint density at radius 2 is 1.88 bits per heavy atom. The Labute approximate surface area is 97.5 Å². The molecule has 3 amide bonds. The third-order valence-corrected chi connectivity index (χ3v) is 2.53. The number of nitrogens with one attached hydrogen (secondary N) is 2. The van der Waals surface area contributed by atoms with E-state index in [9.17, 15) is 14.4 Å². The van der Waals surface area contributed by atoms with Crippen LogP contribution in [0.2, 0.25) is 0 Å². The van der Waals surface area contributed by atoms with E-state index in [1.165, 1.54) is 0 Å². The van der Waals surface area contributed by atoms with Gasteiger partial charge in [0.25, 0.3) is 0 Å². The van der Waals surface area contributed by atoms with Gasteiger partial charge in [-0.3, -0.25) is 4.79 Å². The average molecular weight is 245 g/mol. The van der Waals surface area contributed by atoms with Gasteiger partial charge in [-0.1, -0.05) is 0 Å². The molecule has 0 aliphatic carbocycles. The lowest BCUT2D eigenvalue weighted by atomic mass is 9.90. The Morgan fingerprint density at radius 1 is 1.29 bits per heavy atom. The summed E-state index contributed by atoms with van der Waals surface area (Å²) >= 11 is 0. The molecule has 1 aliphatic rings. The number of ether oxygens (including phenoxy) is 1. The van der Waals surface area contributed by atoms with Crippen molar-refractivity contribution in [3.63, 3.8) is 0 Å². The van der Waals surface area contributed by atoms with Gasteiger partial charge in [0.1, 0.15) is 5.54 Å². The lowest BCUT2D eigenvalue weighted by molar-refractivity contribution is -0.148. The van der Waals surface area contributed by atoms with E-state index in [1.54, 1.807) is 0 Å². The maximum atomic E-state index is 11.4. The van der Waals surface area contributed by atoms with Gasteiger partial charge in [-0.2, -0.15) is 0 Å². The van der Waals surface area contributed by atoms with Crippen LogP contribution in [0.3, 0.4) is 0 Å². The molecule has 0 radical (unpaired) electrons. The summed E-state index contributed by atoms with van der Waals surface area (Å²) in [5.74, 6) is -1.81. The van der Waals surface area contributed by atoms with E-state index < -0.39 is 23.4 Å². The van der Waals surface area contributed by atoms with Gasteiger partial charge in [0, 0.05) is 26.1 Å². The molecule has 0 saturated carbocycles. The van der Waals surface area contributed by atoms with E-state index in [0.717, 1.165) is 0 Å². The average Bonchev–Trinajstić information content (AvgIpc) is 2.27. The standard InChI is InChI=1S/C9H15N3O5/c10-6(13)5-11-8(16)12-9(7(14)15)1-3-17-4-2-9/h1-5H2,(H2,10,13)(H,14,15)(H2,11,12,16). The summed E-state index contributed by atoms with van der Waals surface area (Å²) in [5.41, 5.74) is 3.52. The van der Waals surface area contributed by atoms with Crippen molar-refractivity contribution < 1.29 is 24.2 Å². The zero-order chi connectivity index (χ0) is 12.9. The van der Waals surface area contributed by atoms with Crippen LogP contribution in [-0.2, 0) is 14.3 Å². The van der Waals surface area contributed by atoms with Gasteiger partial charge in [0.2, 0.25) is 5.91 Å². The van der Waals surface area contributed by atoms with Crippen molar-refractivity contribution in [3.8, 4) is 0 Å². The number of carboxylic acid groups (broad SMARTS) is 1. The second-order valence-electron chi connectivity index (χ2n) is 3.77. The summed E-state index contributed by atoms with van der Waals surface area (Å²) in [6.45, 7) is 0.197. The monoisotopic (exact) mass is 245 g/mol. The van der Waals surface area contributed by atoms with Crippen molar-refractivity contribution in [1.82, 2.24) is 10.6 Å². The molecule has 8 heteroatoms. The zero-order valence-electron chi connectivity index (χ0n) is 9.19. The minimum atomic E-state index is -1.33. The number of urea groups is 1. The van der Waals surface area contributed by atoms with Crippen molar-refractivity contribution in [2.24, 2.45) is 5.73 Å². The second-order valence-corrected chi connectivity index (χ2v) is 3.77. The summed E-state index contributed by atoms with van der Waals surface area (Å²) in [7, 11) is 0. The van der Waals surface area contributed by atoms with Gasteiger partial charge in [0.15, 0.2) is 0 Å². The van der Waals surface area contributed by atoms with Gasteiger partial charge in [-0.15, -0.1) is 0 Å². The van der Waals surface area contributed by atoms with Crippen LogP contribution in [0, 0.1) is 0 Å². The largest absolute Gasteiger partial charge is 0.480 e. The molecule has 0 aromatic heterocycles. The smallest absolute Gasteiger partial charge is 0.329 e. The highest BCUT2D eigenvalue weighted by Crippen LogP contribution is 2.20. The molecule has 1 aliphatic heterocycles. The number of amides is 3. The van der Waals surface area contributed by atoms with Crippen LogP contribution in [0.25, 0.3) is 0 Å². The van der Waals surface area contributed by atoms with Crippen molar-refractivity contribution >= 4 is 17.9 Å². The molecule has 5 N–H and O–H groups in total. The summed E-state index contributed by atoms with van der Waals surface area (Å²) in [6.07, 6.45) is 0.374. The fraction of sp³-hybridized carbons (Fsp3) is 0.667. The summed E-state index contributed by atoms with van der Waals surface area (Å²) in [4.78, 5) is 33.0. The van der Waals surface area contributed by atoms with Crippen LogP contribution in [0.5, 0.6) is 0 Å². The predicted octanol–water partition coefficient (Wildman–Crippen LogP) is -1.60. The van der Waals surface area contributed by atoms with E-state index >= 15 is 0 Å². The highest BCUT2D eigenvalue weighted by molar-refractivity contribution is 5.88. The van der Waals surface area contributed by atoms with Gasteiger partial charge in [-0.25, -0.2) is 9.59 Å². The third-order valence-electron chi connectivity index (χ3n) is 2.53. The van der Waals surface area contributed by atoms with Crippen molar-refractivity contribution in [2.75, 3.05) is 19.8 Å². The van der Waals surface area contributed by atoms with Crippen LogP contribution >= 0.6 is 0 Å². The molecule has 0 spiro atoms. The zero-order valence-corrected chi connectivity index (χ0v) is 9.19. The van der Waals surface area contributed by atoms with E-state index in [0.29, 0.717) is 0 Å². The highest BCUT2D eigenvalue weighted by atomic mass is 16.5. The molecule has 96 valence electrons. The number of carbonyl (C=O) groups is 3. The Balaban J connectivity index is 2.57. The van der Waals surface area contributed by atoms with Gasteiger partial charge in [-0.05, 0) is 0 Å². The first kappa shape index (κ1) is 13.2. The molecule has 1 saturated heterocycles. The summed E-state index contributed by atoms with van der Waals surface area (Å²) < 4.78 is 5.05. The normalized spacial score (nSPS) is 18.1. The molecule has 0 unspecified atom stereocenters. The van der Waals surface area contributed by atoms with Crippen LogP contribution in [0.1, 0.15) is 12.8 Å². The predicted molar refractivity (Wildman–Crippen MR) is 56.1 cm³/mol. The minimum Gasteiger partial charge on any atom is -0.480 e. The molecule has 0 aromatic carbocycles. The van der Waals surface area contributed by atoms with Crippen molar-refractivity contribution in [2.45, 2.75) is 18.4 Å². The first-order chi connectivity index (χ1) is 7.96. The lowest BCUT2D eigenvalue weighted by Gasteiger charge is -2.33. The molecule has 1 rings (SSSR count). The number of aliphatic carboxylic acids is 1. The SMILES string of the molecule is NC(=O)CNC(=O)NC1(C(=O)O)CCOCC1. The fourth-order valence-electron chi connectivity index (χ4n) is 1.54. The Hall–Kier alpha value is -1.83. The number of carboxylic acids is 1. The maximum Gasteiger partial charge on any atom is 0.329 e. The molecule has 17 heavy (non-hydrogen) atoms. The van der Waals surface area contributed by atoms with Crippen LogP contribution in [0.15, 0.2) is 0 Å². The Morgan fingerprint density at radius 3 is 2.35 bits per heavy atom. The number of carbonyl (C=O) groups excluding carboxylic acids is 2. The molecule has 0 bridgehead atoms. The molecule has 0 atom stereocenters. The first-order valence-electron chi connectivity index (χ1n) is 5.12. The fourth-order valence-corrected chi connectivity index (χ4v) is 1.54. The van der Waals surface area contributed by atoms with Crippen LogP contribution < -0.4 is 16.4 Å². The van der Waals surface area contributed by atoms with Crippen LogP contribution in [0.4, 0.5) is 4.79 Å². The number of primary amides is 1. The van der Waals surface area contributed by atoms with Crippen molar-refractivity contribution in [3.05, 3.63) is 0 Å². The van der Waals surface area contributed by atoms with Crippen LogP contribution in [-0.4, -0.2) is 48.3 Å². The Bertz CT molecular complexity index is 325. The van der Waals surface area contributed by atoms with E-state index in [-0.39, 0.29) is 32.6 Å². The number of nitrogens with two attached hydrogens (primary N) is 1. The van der Waals surface area contributed by atoms with E-state index in [2.05, 4.69) is 10.6 Å².